The van der Waals surface area contributed by atoms with Crippen LogP contribution in [0.2, 0.25) is 0 Å². The van der Waals surface area contributed by atoms with E-state index in [1.165, 1.54) is 7.11 Å². The van der Waals surface area contributed by atoms with E-state index in [9.17, 15) is 13.2 Å². The Hall–Kier alpha value is -4.26. The van der Waals surface area contributed by atoms with Crippen LogP contribution in [0, 0.1) is 0 Å². The number of carbonyl (C=O) groups excluding carboxylic acids is 1. The molecule has 40 heavy (non-hydrogen) atoms. The number of rotatable bonds is 12. The second-order valence-electron chi connectivity index (χ2n) is 8.24. The number of amides is 2. The molecule has 10 nitrogen and oxygen atoms in total. The Labute approximate surface area is 236 Å². The molecule has 210 valence electrons. The maximum atomic E-state index is 13.2. The molecule has 4 rings (SSSR count). The highest BCUT2D eigenvalue weighted by Gasteiger charge is 2.23. The number of ether oxygens (including phenoxy) is 4. The molecule has 0 aliphatic rings. The lowest BCUT2D eigenvalue weighted by atomic mass is 10.1. The first-order chi connectivity index (χ1) is 19.3. The van der Waals surface area contributed by atoms with Gasteiger partial charge in [-0.1, -0.05) is 18.2 Å². The van der Waals surface area contributed by atoms with Gasteiger partial charge in [-0.05, 0) is 53.9 Å². The van der Waals surface area contributed by atoms with Crippen LogP contribution < -0.4 is 34.3 Å². The molecule has 3 N–H and O–H groups in total. The summed E-state index contributed by atoms with van der Waals surface area (Å²) in [7, 11) is 0.764. The predicted molar refractivity (Wildman–Crippen MR) is 155 cm³/mol. The molecule has 1 aromatic heterocycles. The molecular weight excluding hydrogens is 554 g/mol. The zero-order chi connectivity index (χ0) is 28.5. The zero-order valence-electron chi connectivity index (χ0n) is 22.1. The van der Waals surface area contributed by atoms with Crippen molar-refractivity contribution in [2.24, 2.45) is 0 Å². The maximum absolute atomic E-state index is 13.2. The molecule has 0 aliphatic carbocycles. The van der Waals surface area contributed by atoms with E-state index < -0.39 is 16.1 Å². The highest BCUT2D eigenvalue weighted by Crippen LogP contribution is 2.40. The van der Waals surface area contributed by atoms with Gasteiger partial charge >= 0.3 is 6.03 Å². The van der Waals surface area contributed by atoms with Gasteiger partial charge in [-0.15, -0.1) is 11.3 Å². The SMILES string of the molecule is COc1ccc(NC(=O)NCCNS(=O)(=O)c2sccc2-c2ccccc2Oc2ccc(OC)c(OC)c2)cc1. The van der Waals surface area contributed by atoms with Gasteiger partial charge in [0.25, 0.3) is 10.0 Å². The van der Waals surface area contributed by atoms with Crippen molar-refractivity contribution in [1.29, 1.82) is 0 Å². The lowest BCUT2D eigenvalue weighted by Gasteiger charge is -2.14. The van der Waals surface area contributed by atoms with E-state index in [0.29, 0.717) is 45.6 Å². The van der Waals surface area contributed by atoms with E-state index >= 15 is 0 Å². The van der Waals surface area contributed by atoms with Gasteiger partial charge in [0.05, 0.1) is 21.3 Å². The fourth-order valence-corrected chi connectivity index (χ4v) is 6.22. The molecule has 4 aromatic rings. The normalized spacial score (nSPS) is 11.0. The number of urea groups is 1. The van der Waals surface area contributed by atoms with Gasteiger partial charge < -0.3 is 29.6 Å². The highest BCUT2D eigenvalue weighted by atomic mass is 32.2. The Morgan fingerprint density at radius 1 is 0.775 bits per heavy atom. The van der Waals surface area contributed by atoms with Crippen molar-refractivity contribution in [2.75, 3.05) is 39.7 Å². The van der Waals surface area contributed by atoms with Crippen LogP contribution in [0.4, 0.5) is 10.5 Å². The number of hydrogen-bond donors (Lipinski definition) is 3. The predicted octanol–water partition coefficient (Wildman–Crippen LogP) is 5.33. The minimum atomic E-state index is -3.88. The van der Waals surface area contributed by atoms with Gasteiger partial charge in [0, 0.05) is 36.0 Å². The fraction of sp³-hybridized carbons (Fsp3) is 0.179. The van der Waals surface area contributed by atoms with Crippen molar-refractivity contribution in [3.05, 3.63) is 78.2 Å². The van der Waals surface area contributed by atoms with Crippen molar-refractivity contribution in [3.8, 4) is 39.9 Å². The summed E-state index contributed by atoms with van der Waals surface area (Å²) < 4.78 is 50.9. The maximum Gasteiger partial charge on any atom is 0.319 e. The van der Waals surface area contributed by atoms with Crippen LogP contribution in [0.3, 0.4) is 0 Å². The Balaban J connectivity index is 1.41. The molecule has 0 saturated heterocycles. The number of nitrogens with one attached hydrogen (secondary N) is 3. The van der Waals surface area contributed by atoms with Crippen molar-refractivity contribution in [1.82, 2.24) is 10.0 Å². The van der Waals surface area contributed by atoms with Gasteiger partial charge in [-0.3, -0.25) is 0 Å². The van der Waals surface area contributed by atoms with Crippen LogP contribution in [0.1, 0.15) is 0 Å². The van der Waals surface area contributed by atoms with Gasteiger partial charge in [0.15, 0.2) is 11.5 Å². The van der Waals surface area contributed by atoms with E-state index in [1.807, 2.05) is 6.07 Å². The Morgan fingerprint density at radius 3 is 2.23 bits per heavy atom. The molecule has 12 heteroatoms. The van der Waals surface area contributed by atoms with E-state index in [4.69, 9.17) is 18.9 Å². The second kappa shape index (κ2) is 13.2. The molecule has 0 spiro atoms. The van der Waals surface area contributed by atoms with Crippen molar-refractivity contribution in [2.45, 2.75) is 4.21 Å². The first-order valence-corrected chi connectivity index (χ1v) is 14.5. The molecule has 0 bridgehead atoms. The van der Waals surface area contributed by atoms with Crippen molar-refractivity contribution in [3.63, 3.8) is 0 Å². The van der Waals surface area contributed by atoms with E-state index in [1.54, 1.807) is 86.3 Å². The average molecular weight is 584 g/mol. The topological polar surface area (TPSA) is 124 Å². The van der Waals surface area contributed by atoms with Crippen LogP contribution in [0.25, 0.3) is 11.1 Å². The lowest BCUT2D eigenvalue weighted by molar-refractivity contribution is 0.252. The zero-order valence-corrected chi connectivity index (χ0v) is 23.7. The molecule has 1 heterocycles. The minimum absolute atomic E-state index is 0.000500. The lowest BCUT2D eigenvalue weighted by Crippen LogP contribution is -2.36. The number of benzene rings is 3. The average Bonchev–Trinajstić information content (AvgIpc) is 3.47. The first kappa shape index (κ1) is 28.7. The molecule has 0 atom stereocenters. The fourth-order valence-electron chi connectivity index (χ4n) is 3.76. The molecule has 0 unspecified atom stereocenters. The van der Waals surface area contributed by atoms with Crippen molar-refractivity contribution < 1.29 is 32.2 Å². The standard InChI is InChI=1S/C28H29N3O7S2/c1-35-20-10-8-19(9-11-20)31-28(32)29-15-16-30-40(33,34)27-23(14-17-39-27)22-6-4-5-7-24(22)38-21-12-13-25(36-2)26(18-21)37-3/h4-14,17-18,30H,15-16H2,1-3H3,(H2,29,31,32). The summed E-state index contributed by atoms with van der Waals surface area (Å²) in [4.78, 5) is 12.2. The number of carbonyl (C=O) groups is 1. The monoisotopic (exact) mass is 583 g/mol. The molecule has 0 aliphatic heterocycles. The number of methoxy groups -OCH3 is 3. The quantitative estimate of drug-likeness (QED) is 0.193. The molecular formula is C28H29N3O7S2. The minimum Gasteiger partial charge on any atom is -0.497 e. The number of para-hydroxylation sites is 1. The van der Waals surface area contributed by atoms with Crippen LogP contribution in [0.5, 0.6) is 28.7 Å². The summed E-state index contributed by atoms with van der Waals surface area (Å²) in [6.45, 7) is 0.0838. The summed E-state index contributed by atoms with van der Waals surface area (Å²) in [5.74, 6) is 2.71. The summed E-state index contributed by atoms with van der Waals surface area (Å²) in [6.07, 6.45) is 0. The van der Waals surface area contributed by atoms with Gasteiger partial charge in [-0.25, -0.2) is 17.9 Å². The van der Waals surface area contributed by atoms with E-state index in [-0.39, 0.29) is 17.3 Å². The van der Waals surface area contributed by atoms with Gasteiger partial charge in [0.2, 0.25) is 0 Å². The van der Waals surface area contributed by atoms with Crippen LogP contribution >= 0.6 is 11.3 Å². The Bertz CT molecular complexity index is 1550. The number of sulfonamides is 1. The summed E-state index contributed by atoms with van der Waals surface area (Å²) >= 11 is 1.09. The van der Waals surface area contributed by atoms with Gasteiger partial charge in [0.1, 0.15) is 21.5 Å². The molecule has 0 saturated carbocycles. The molecule has 2 amide bonds. The van der Waals surface area contributed by atoms with Crippen LogP contribution in [-0.2, 0) is 10.0 Å². The van der Waals surface area contributed by atoms with E-state index in [0.717, 1.165) is 11.3 Å². The van der Waals surface area contributed by atoms with Crippen LogP contribution in [0.15, 0.2) is 82.4 Å². The smallest absolute Gasteiger partial charge is 0.319 e. The second-order valence-corrected chi connectivity index (χ2v) is 11.1. The first-order valence-electron chi connectivity index (χ1n) is 12.1. The molecule has 0 fully saturated rings. The summed E-state index contributed by atoms with van der Waals surface area (Å²) in [5.41, 5.74) is 1.69. The number of anilines is 1. The Kier molecular flexibility index (Phi) is 9.48. The third-order valence-corrected chi connectivity index (χ3v) is 8.63. The number of thiophene rings is 1. The molecule has 3 aromatic carbocycles. The summed E-state index contributed by atoms with van der Waals surface area (Å²) in [5, 5.41) is 7.02. The third-order valence-electron chi connectivity index (χ3n) is 5.68. The highest BCUT2D eigenvalue weighted by molar-refractivity contribution is 7.91. The van der Waals surface area contributed by atoms with E-state index in [2.05, 4.69) is 15.4 Å². The van der Waals surface area contributed by atoms with Gasteiger partial charge in [-0.2, -0.15) is 0 Å². The summed E-state index contributed by atoms with van der Waals surface area (Å²) in [6, 6.07) is 20.5. The number of hydrogen-bond acceptors (Lipinski definition) is 8. The molecule has 0 radical (unpaired) electrons. The largest absolute Gasteiger partial charge is 0.497 e. The Morgan fingerprint density at radius 2 is 1.50 bits per heavy atom. The third kappa shape index (κ3) is 7.03. The van der Waals surface area contributed by atoms with Crippen molar-refractivity contribution >= 4 is 33.1 Å². The van der Waals surface area contributed by atoms with Crippen LogP contribution in [-0.4, -0.2) is 48.9 Å².